The second-order valence-electron chi connectivity index (χ2n) is 4.23. The molecule has 96 valence electrons. The summed E-state index contributed by atoms with van der Waals surface area (Å²) in [6.45, 7) is 6.55. The smallest absolute Gasteiger partial charge is 0.0575 e. The van der Waals surface area contributed by atoms with Gasteiger partial charge in [-0.05, 0) is 19.9 Å². The van der Waals surface area contributed by atoms with E-state index in [1.54, 1.807) is 14.2 Å². The molecule has 2 aliphatic heterocycles. The largest absolute Gasteiger partial charge is 0.304 e. The summed E-state index contributed by atoms with van der Waals surface area (Å²) >= 11 is 0. The van der Waals surface area contributed by atoms with Gasteiger partial charge < -0.3 is 14.6 Å². The van der Waals surface area contributed by atoms with E-state index >= 15 is 0 Å². The van der Waals surface area contributed by atoms with Gasteiger partial charge in [-0.3, -0.25) is 0 Å². The average molecular weight is 231 g/mol. The van der Waals surface area contributed by atoms with E-state index in [1.807, 2.05) is 10.1 Å². The lowest BCUT2D eigenvalue weighted by Crippen LogP contribution is -2.43. The monoisotopic (exact) mass is 231 g/mol. The normalized spacial score (nSPS) is 24.2. The van der Waals surface area contributed by atoms with Crippen LogP contribution in [0.25, 0.3) is 0 Å². The summed E-state index contributed by atoms with van der Waals surface area (Å²) < 4.78 is 0. The molecule has 0 radical (unpaired) electrons. The van der Waals surface area contributed by atoms with Crippen LogP contribution in [0, 0.1) is 0 Å². The summed E-state index contributed by atoms with van der Waals surface area (Å²) in [7, 11) is 5.59. The molecule has 0 aliphatic carbocycles. The molecule has 0 aromatic rings. The van der Waals surface area contributed by atoms with Crippen molar-refractivity contribution in [2.45, 2.75) is 12.8 Å². The molecule has 0 unspecified atom stereocenters. The lowest BCUT2D eigenvalue weighted by molar-refractivity contribution is -0.149. The molecule has 0 aromatic carbocycles. The summed E-state index contributed by atoms with van der Waals surface area (Å²) in [6, 6.07) is 0. The summed E-state index contributed by atoms with van der Waals surface area (Å²) in [5.41, 5.74) is 0. The maximum Gasteiger partial charge on any atom is 0.0575 e. The van der Waals surface area contributed by atoms with Crippen molar-refractivity contribution in [2.75, 3.05) is 60.5 Å². The van der Waals surface area contributed by atoms with Gasteiger partial charge in [-0.25, -0.2) is 0 Å². The highest BCUT2D eigenvalue weighted by molar-refractivity contribution is 4.62. The minimum absolute atomic E-state index is 1.03. The number of hydrogen-bond donors (Lipinski definition) is 0. The van der Waals surface area contributed by atoms with Crippen LogP contribution in [0.1, 0.15) is 12.8 Å². The number of hydroxylamine groups is 4. The van der Waals surface area contributed by atoms with Crippen LogP contribution >= 0.6 is 0 Å². The highest BCUT2D eigenvalue weighted by Gasteiger charge is 2.11. The van der Waals surface area contributed by atoms with Crippen molar-refractivity contribution >= 4 is 0 Å². The van der Waals surface area contributed by atoms with E-state index in [1.165, 1.54) is 12.8 Å². The average Bonchev–Trinajstić information content (AvgIpc) is 2.84. The first-order valence-corrected chi connectivity index (χ1v) is 6.03. The summed E-state index contributed by atoms with van der Waals surface area (Å²) in [5, 5.41) is 3.97. The minimum atomic E-state index is 1.03. The second kappa shape index (κ2) is 7.97. The van der Waals surface area contributed by atoms with Crippen molar-refractivity contribution in [3.63, 3.8) is 0 Å². The molecule has 0 N–H and O–H groups in total. The Morgan fingerprint density at radius 2 is 1.12 bits per heavy atom. The van der Waals surface area contributed by atoms with E-state index in [0.717, 1.165) is 39.3 Å². The van der Waals surface area contributed by atoms with Gasteiger partial charge in [-0.2, -0.15) is 10.1 Å². The zero-order chi connectivity index (χ0) is 11.8. The van der Waals surface area contributed by atoms with Crippen LogP contribution in [-0.2, 0) is 9.68 Å². The topological polar surface area (TPSA) is 28.2 Å². The first kappa shape index (κ1) is 13.9. The van der Waals surface area contributed by atoms with Crippen LogP contribution in [0.15, 0.2) is 0 Å². The van der Waals surface area contributed by atoms with Gasteiger partial charge in [0.15, 0.2) is 0 Å². The molecule has 16 heavy (non-hydrogen) atoms. The van der Waals surface area contributed by atoms with Crippen LogP contribution in [0.3, 0.4) is 0 Å². The molecular formula is C11H25N3O2. The third kappa shape index (κ3) is 5.23. The van der Waals surface area contributed by atoms with Gasteiger partial charge in [0.2, 0.25) is 0 Å². The zero-order valence-electron chi connectivity index (χ0n) is 10.8. The molecule has 0 saturated carbocycles. The number of nitrogens with zero attached hydrogens (tertiary/aromatic N) is 3. The molecule has 0 spiro atoms. The Hall–Kier alpha value is -0.200. The molecule has 2 rings (SSSR count). The number of likely N-dealkylation sites (N-methyl/N-ethyl adjacent to an activating group) is 1. The van der Waals surface area contributed by atoms with Crippen molar-refractivity contribution < 1.29 is 9.68 Å². The van der Waals surface area contributed by atoms with Crippen molar-refractivity contribution in [3.05, 3.63) is 0 Å². The van der Waals surface area contributed by atoms with Crippen LogP contribution in [-0.4, -0.2) is 75.6 Å². The Morgan fingerprint density at radius 1 is 0.688 bits per heavy atom. The molecule has 0 amide bonds. The molecule has 2 aliphatic rings. The first-order chi connectivity index (χ1) is 7.76. The Morgan fingerprint density at radius 3 is 1.50 bits per heavy atom. The quantitative estimate of drug-likeness (QED) is 0.687. The summed E-state index contributed by atoms with van der Waals surface area (Å²) in [6.07, 6.45) is 2.60. The second-order valence-corrected chi connectivity index (χ2v) is 4.23. The highest BCUT2D eigenvalue weighted by Crippen LogP contribution is 2.05. The van der Waals surface area contributed by atoms with Crippen molar-refractivity contribution in [1.82, 2.24) is 15.0 Å². The maximum absolute atomic E-state index is 5.05. The number of rotatable bonds is 2. The predicted octanol–water partition coefficient (Wildman–Crippen LogP) is 0.439. The number of hydrogen-bond acceptors (Lipinski definition) is 5. The van der Waals surface area contributed by atoms with Crippen LogP contribution in [0.2, 0.25) is 0 Å². The van der Waals surface area contributed by atoms with E-state index in [-0.39, 0.29) is 0 Å². The lowest BCUT2D eigenvalue weighted by atomic mass is 10.4. The Balaban J connectivity index is 0.000000165. The molecule has 0 bridgehead atoms. The third-order valence-electron chi connectivity index (χ3n) is 3.04. The van der Waals surface area contributed by atoms with Gasteiger partial charge in [-0.1, -0.05) is 0 Å². The standard InChI is InChI=1S/C6H14N2O.C5H11NO/c1-7-3-5-8(9-2)6-4-7;1-7-6-4-2-3-5-6/h3-6H2,1-2H3;2-5H2,1H3. The van der Waals surface area contributed by atoms with Gasteiger partial charge in [0, 0.05) is 39.3 Å². The first-order valence-electron chi connectivity index (χ1n) is 6.03. The van der Waals surface area contributed by atoms with Gasteiger partial charge in [0.1, 0.15) is 0 Å². The molecule has 0 atom stereocenters. The predicted molar refractivity (Wildman–Crippen MR) is 63.9 cm³/mol. The Kier molecular flexibility index (Phi) is 6.91. The molecule has 2 heterocycles. The molecule has 2 saturated heterocycles. The van der Waals surface area contributed by atoms with E-state index in [0.29, 0.717) is 0 Å². The van der Waals surface area contributed by atoms with Crippen molar-refractivity contribution in [1.29, 1.82) is 0 Å². The molecule has 2 fully saturated rings. The fourth-order valence-corrected chi connectivity index (χ4v) is 1.84. The van der Waals surface area contributed by atoms with Gasteiger partial charge in [-0.15, -0.1) is 0 Å². The lowest BCUT2D eigenvalue weighted by Gasteiger charge is -2.30. The van der Waals surface area contributed by atoms with E-state index in [2.05, 4.69) is 11.9 Å². The van der Waals surface area contributed by atoms with Gasteiger partial charge in [0.25, 0.3) is 0 Å². The van der Waals surface area contributed by atoms with Crippen LogP contribution < -0.4 is 0 Å². The fourth-order valence-electron chi connectivity index (χ4n) is 1.84. The van der Waals surface area contributed by atoms with Crippen molar-refractivity contribution in [2.24, 2.45) is 0 Å². The van der Waals surface area contributed by atoms with Crippen molar-refractivity contribution in [3.8, 4) is 0 Å². The number of piperazine rings is 1. The van der Waals surface area contributed by atoms with Gasteiger partial charge >= 0.3 is 0 Å². The Bertz CT molecular complexity index is 167. The van der Waals surface area contributed by atoms with Gasteiger partial charge in [0.05, 0.1) is 14.2 Å². The molecule has 5 heteroatoms. The minimum Gasteiger partial charge on any atom is -0.304 e. The summed E-state index contributed by atoms with van der Waals surface area (Å²) in [4.78, 5) is 12.3. The SMILES string of the molecule is CON1CCCC1.CON1CCN(C)CC1. The van der Waals surface area contributed by atoms with E-state index in [9.17, 15) is 0 Å². The third-order valence-corrected chi connectivity index (χ3v) is 3.04. The van der Waals surface area contributed by atoms with Crippen LogP contribution in [0.5, 0.6) is 0 Å². The fraction of sp³-hybridized carbons (Fsp3) is 1.00. The molecular weight excluding hydrogens is 206 g/mol. The summed E-state index contributed by atoms with van der Waals surface area (Å²) in [5.74, 6) is 0. The highest BCUT2D eigenvalue weighted by atomic mass is 16.7. The molecule has 0 aromatic heterocycles. The maximum atomic E-state index is 5.05. The molecule has 5 nitrogen and oxygen atoms in total. The zero-order valence-corrected chi connectivity index (χ0v) is 10.8. The Labute approximate surface area is 98.8 Å². The van der Waals surface area contributed by atoms with E-state index < -0.39 is 0 Å². The van der Waals surface area contributed by atoms with Crippen LogP contribution in [0.4, 0.5) is 0 Å². The van der Waals surface area contributed by atoms with E-state index in [4.69, 9.17) is 9.68 Å².